The van der Waals surface area contributed by atoms with Crippen molar-refractivity contribution in [3.8, 4) is 0 Å². The summed E-state index contributed by atoms with van der Waals surface area (Å²) in [6, 6.07) is 10.9. The van der Waals surface area contributed by atoms with E-state index in [9.17, 15) is 13.2 Å². The fourth-order valence-corrected chi connectivity index (χ4v) is 5.24. The molecule has 5 nitrogen and oxygen atoms in total. The lowest BCUT2D eigenvalue weighted by molar-refractivity contribution is -0.119. The number of nitrogens with one attached hydrogen (secondary N) is 2. The number of carbonyl (C=O) groups is 1. The summed E-state index contributed by atoms with van der Waals surface area (Å²) in [4.78, 5) is 12.1. The Kier molecular flexibility index (Phi) is 8.49. The zero-order chi connectivity index (χ0) is 20.7. The van der Waals surface area contributed by atoms with Crippen molar-refractivity contribution in [1.29, 1.82) is 0 Å². The third kappa shape index (κ3) is 6.88. The van der Waals surface area contributed by atoms with Gasteiger partial charge >= 0.3 is 0 Å². The molecule has 0 radical (unpaired) electrons. The highest BCUT2D eigenvalue weighted by atomic mass is 35.5. The summed E-state index contributed by atoms with van der Waals surface area (Å²) in [6.45, 7) is 2.26. The zero-order valence-corrected chi connectivity index (χ0v) is 18.7. The Morgan fingerprint density at radius 3 is 2.43 bits per heavy atom. The first-order valence-electron chi connectivity index (χ1n) is 8.50. The van der Waals surface area contributed by atoms with E-state index in [1.54, 1.807) is 24.8 Å². The molecule has 0 spiro atoms. The Morgan fingerprint density at radius 2 is 1.79 bits per heavy atom. The maximum atomic E-state index is 12.0. The quantitative estimate of drug-likeness (QED) is 0.549. The van der Waals surface area contributed by atoms with Crippen LogP contribution in [0, 0.1) is 6.92 Å². The second-order valence-electron chi connectivity index (χ2n) is 6.20. The first-order chi connectivity index (χ1) is 13.2. The summed E-state index contributed by atoms with van der Waals surface area (Å²) in [7, 11) is -3.45. The fraction of sp³-hybridized carbons (Fsp3) is 0.316. The average Bonchev–Trinajstić information content (AvgIpc) is 2.61. The van der Waals surface area contributed by atoms with Gasteiger partial charge in [0.25, 0.3) is 0 Å². The number of rotatable bonds is 9. The van der Waals surface area contributed by atoms with Crippen LogP contribution in [-0.4, -0.2) is 39.4 Å². The lowest BCUT2D eigenvalue weighted by Gasteiger charge is -2.14. The Bertz CT molecular complexity index is 933. The molecule has 2 aromatic carbocycles. The van der Waals surface area contributed by atoms with E-state index in [0.29, 0.717) is 22.8 Å². The minimum atomic E-state index is -3.45. The van der Waals surface area contributed by atoms with Gasteiger partial charge in [-0.25, -0.2) is 8.42 Å². The van der Waals surface area contributed by atoms with Crippen molar-refractivity contribution in [3.63, 3.8) is 0 Å². The van der Waals surface area contributed by atoms with E-state index in [1.165, 1.54) is 11.6 Å². The van der Waals surface area contributed by atoms with E-state index in [-0.39, 0.29) is 22.4 Å². The number of thioether (sulfide) groups is 1. The Balaban J connectivity index is 1.76. The monoisotopic (exact) mass is 460 g/mol. The summed E-state index contributed by atoms with van der Waals surface area (Å²) in [5.74, 6) is 1.47. The number of amides is 1. The third-order valence-corrected chi connectivity index (χ3v) is 6.90. The van der Waals surface area contributed by atoms with Crippen LogP contribution in [-0.2, 0) is 20.4 Å². The Labute approximate surface area is 180 Å². The molecule has 0 aliphatic heterocycles. The molecule has 0 atom stereocenters. The number of benzene rings is 2. The van der Waals surface area contributed by atoms with E-state index in [1.807, 2.05) is 24.3 Å². The van der Waals surface area contributed by atoms with Crippen LogP contribution in [0.15, 0.2) is 41.3 Å². The van der Waals surface area contributed by atoms with E-state index in [4.69, 9.17) is 23.2 Å². The van der Waals surface area contributed by atoms with Gasteiger partial charge in [-0.15, -0.1) is 0 Å². The van der Waals surface area contributed by atoms with Crippen LogP contribution in [0.3, 0.4) is 0 Å². The van der Waals surface area contributed by atoms with Crippen molar-refractivity contribution in [2.45, 2.75) is 17.6 Å². The van der Waals surface area contributed by atoms with Gasteiger partial charge in [0.2, 0.25) is 5.91 Å². The largest absolute Gasteiger partial charge is 0.376 e. The van der Waals surface area contributed by atoms with Crippen molar-refractivity contribution >= 4 is 56.4 Å². The molecule has 0 saturated heterocycles. The predicted octanol–water partition coefficient (Wildman–Crippen LogP) is 4.17. The van der Waals surface area contributed by atoms with Gasteiger partial charge in [0.05, 0.1) is 16.5 Å². The van der Waals surface area contributed by atoms with Gasteiger partial charge < -0.3 is 10.6 Å². The molecule has 2 aromatic rings. The summed E-state index contributed by atoms with van der Waals surface area (Å²) in [5.41, 5.74) is 2.25. The van der Waals surface area contributed by atoms with Crippen molar-refractivity contribution in [1.82, 2.24) is 5.32 Å². The van der Waals surface area contributed by atoms with E-state index in [2.05, 4.69) is 10.6 Å². The third-order valence-electron chi connectivity index (χ3n) is 3.92. The lowest BCUT2D eigenvalue weighted by Crippen LogP contribution is -2.31. The van der Waals surface area contributed by atoms with Gasteiger partial charge in [-0.3, -0.25) is 4.79 Å². The van der Waals surface area contributed by atoms with E-state index >= 15 is 0 Å². The predicted molar refractivity (Wildman–Crippen MR) is 118 cm³/mol. The fourth-order valence-electron chi connectivity index (χ4n) is 2.58. The Hall–Kier alpha value is -1.41. The maximum Gasteiger partial charge on any atom is 0.239 e. The highest BCUT2D eigenvalue weighted by Crippen LogP contribution is 2.30. The molecular formula is C19H22Cl2N2O3S2. The molecule has 0 aromatic heterocycles. The van der Waals surface area contributed by atoms with Crippen LogP contribution in [0.5, 0.6) is 0 Å². The smallest absolute Gasteiger partial charge is 0.239 e. The first kappa shape index (κ1) is 22.9. The summed E-state index contributed by atoms with van der Waals surface area (Å²) >= 11 is 13.6. The van der Waals surface area contributed by atoms with Crippen LogP contribution >= 0.6 is 35.0 Å². The second-order valence-corrected chi connectivity index (χ2v) is 10.1. The summed E-state index contributed by atoms with van der Waals surface area (Å²) < 4.78 is 23.8. The summed E-state index contributed by atoms with van der Waals surface area (Å²) in [6.07, 6.45) is 1.11. The first-order valence-corrected chi connectivity index (χ1v) is 12.3. The molecule has 9 heteroatoms. The second kappa shape index (κ2) is 10.4. The maximum absolute atomic E-state index is 12.0. The molecule has 2 rings (SSSR count). The van der Waals surface area contributed by atoms with Gasteiger partial charge in [-0.2, -0.15) is 11.8 Å². The number of sulfone groups is 1. The number of halogens is 2. The minimum absolute atomic E-state index is 0.0491. The topological polar surface area (TPSA) is 75.3 Å². The highest BCUT2D eigenvalue weighted by molar-refractivity contribution is 7.98. The number of hydrogen-bond acceptors (Lipinski definition) is 5. The highest BCUT2D eigenvalue weighted by Gasteiger charge is 2.18. The van der Waals surface area contributed by atoms with Crippen LogP contribution in [0.25, 0.3) is 0 Å². The molecule has 0 heterocycles. The van der Waals surface area contributed by atoms with Crippen LogP contribution in [0.2, 0.25) is 10.0 Å². The van der Waals surface area contributed by atoms with Gasteiger partial charge in [0.1, 0.15) is 0 Å². The van der Waals surface area contributed by atoms with Crippen molar-refractivity contribution in [3.05, 3.63) is 57.6 Å². The average molecular weight is 461 g/mol. The molecule has 0 aliphatic carbocycles. The Morgan fingerprint density at radius 1 is 1.11 bits per heavy atom. The van der Waals surface area contributed by atoms with Gasteiger partial charge in [-0.05, 0) is 42.3 Å². The molecular weight excluding hydrogens is 439 g/mol. The van der Waals surface area contributed by atoms with Crippen LogP contribution in [0.4, 0.5) is 5.69 Å². The van der Waals surface area contributed by atoms with Gasteiger partial charge in [0.15, 0.2) is 9.84 Å². The molecule has 152 valence electrons. The van der Waals surface area contributed by atoms with Crippen LogP contribution in [0.1, 0.15) is 11.1 Å². The molecule has 2 N–H and O–H groups in total. The SMILES string of the molecule is Cc1c(NCC(=O)NCCSCc2ccc(Cl)cc2)ccc(Cl)c1S(C)(=O)=O. The van der Waals surface area contributed by atoms with Crippen molar-refractivity contribution < 1.29 is 13.2 Å². The molecule has 0 bridgehead atoms. The molecule has 0 unspecified atom stereocenters. The normalized spacial score (nSPS) is 11.3. The molecule has 1 amide bonds. The lowest BCUT2D eigenvalue weighted by atomic mass is 10.2. The van der Waals surface area contributed by atoms with Gasteiger partial charge in [-0.1, -0.05) is 35.3 Å². The standard InChI is InChI=1S/C19H22Cl2N2O3S2/c1-13-17(8-7-16(21)19(13)28(2,25)26)23-11-18(24)22-9-10-27-12-14-3-5-15(20)6-4-14/h3-8,23H,9-12H2,1-2H3,(H,22,24). The number of hydrogen-bond donors (Lipinski definition) is 2. The molecule has 0 aliphatic rings. The molecule has 0 saturated carbocycles. The minimum Gasteiger partial charge on any atom is -0.376 e. The molecule has 28 heavy (non-hydrogen) atoms. The molecule has 0 fully saturated rings. The van der Waals surface area contributed by atoms with E-state index in [0.717, 1.165) is 17.8 Å². The van der Waals surface area contributed by atoms with Crippen molar-refractivity contribution in [2.75, 3.05) is 30.4 Å². The van der Waals surface area contributed by atoms with E-state index < -0.39 is 9.84 Å². The van der Waals surface area contributed by atoms with Gasteiger partial charge in [0, 0.05) is 35.0 Å². The van der Waals surface area contributed by atoms with Crippen molar-refractivity contribution in [2.24, 2.45) is 0 Å². The summed E-state index contributed by atoms with van der Waals surface area (Å²) in [5, 5.41) is 6.70. The number of anilines is 1. The number of carbonyl (C=O) groups excluding carboxylic acids is 1. The zero-order valence-electron chi connectivity index (χ0n) is 15.6. The van der Waals surface area contributed by atoms with Crippen LogP contribution < -0.4 is 10.6 Å².